The summed E-state index contributed by atoms with van der Waals surface area (Å²) in [5, 5.41) is 2.15. The highest BCUT2D eigenvalue weighted by atomic mass is 28.4. The van der Waals surface area contributed by atoms with Crippen LogP contribution >= 0.6 is 0 Å². The van der Waals surface area contributed by atoms with Crippen LogP contribution in [0.4, 0.5) is 0 Å². The minimum Gasteiger partial charge on any atom is -0.0708 e. The van der Waals surface area contributed by atoms with E-state index in [0.717, 1.165) is 10.1 Å². The predicted molar refractivity (Wildman–Crippen MR) is 60.1 cm³/mol. The molecule has 13 heavy (non-hydrogen) atoms. The molecule has 1 saturated heterocycles. The second kappa shape index (κ2) is 1.65. The van der Waals surface area contributed by atoms with Crippen molar-refractivity contribution < 1.29 is 0 Å². The summed E-state index contributed by atoms with van der Waals surface area (Å²) in [4.78, 5) is 0. The average Bonchev–Trinajstić information content (AvgIpc) is 2.85. The third kappa shape index (κ3) is 0.440. The molecule has 1 aliphatic heterocycles. The molecule has 2 atom stereocenters. The van der Waals surface area contributed by atoms with Crippen molar-refractivity contribution in [1.82, 2.24) is 0 Å². The molecule has 0 aromatic carbocycles. The summed E-state index contributed by atoms with van der Waals surface area (Å²) < 4.78 is 0. The Labute approximate surface area is 83.7 Å². The summed E-state index contributed by atoms with van der Waals surface area (Å²) in [6.07, 6.45) is 4.85. The molecule has 4 rings (SSSR count). The molecular weight excluding hydrogens is 188 g/mol. The molecule has 1 heterocycles. The fourth-order valence-electron chi connectivity index (χ4n) is 6.44. The third-order valence-electron chi connectivity index (χ3n) is 6.24. The molecule has 3 aliphatic carbocycles. The normalized spacial score (nSPS) is 65.8. The fourth-order valence-corrected chi connectivity index (χ4v) is 22.8. The molecule has 4 aliphatic rings. The van der Waals surface area contributed by atoms with E-state index in [1.54, 1.807) is 24.9 Å². The molecule has 0 nitrogen and oxygen atoms in total. The van der Waals surface area contributed by atoms with Crippen LogP contribution in [0.15, 0.2) is 0 Å². The quantitative estimate of drug-likeness (QED) is 0.535. The second-order valence-electron chi connectivity index (χ2n) is 6.62. The average molecular weight is 207 g/mol. The van der Waals surface area contributed by atoms with E-state index < -0.39 is 8.07 Å². The molecule has 1 radical (unpaired) electrons. The van der Waals surface area contributed by atoms with Gasteiger partial charge in [0.15, 0.2) is 0 Å². The maximum Gasteiger partial charge on any atom is 0.0519 e. The highest BCUT2D eigenvalue weighted by molar-refractivity contribution is 7.01. The van der Waals surface area contributed by atoms with Gasteiger partial charge in [-0.3, -0.25) is 0 Å². The van der Waals surface area contributed by atoms with Gasteiger partial charge in [-0.25, -0.2) is 0 Å². The van der Waals surface area contributed by atoms with Crippen molar-refractivity contribution in [3.05, 3.63) is 0 Å². The van der Waals surface area contributed by atoms with Gasteiger partial charge in [0.2, 0.25) is 0 Å². The van der Waals surface area contributed by atoms with Crippen molar-refractivity contribution in [3.63, 3.8) is 0 Å². The third-order valence-corrected chi connectivity index (χ3v) is 18.0. The summed E-state index contributed by atoms with van der Waals surface area (Å²) >= 11 is 0. The van der Waals surface area contributed by atoms with Gasteiger partial charge in [0.25, 0.3) is 0 Å². The van der Waals surface area contributed by atoms with Crippen LogP contribution in [0.1, 0.15) is 19.3 Å². The van der Waals surface area contributed by atoms with E-state index in [1.807, 2.05) is 0 Å². The zero-order valence-electron chi connectivity index (χ0n) is 8.98. The molecule has 2 heteroatoms. The van der Waals surface area contributed by atoms with E-state index in [9.17, 15) is 0 Å². The Balaban J connectivity index is 1.87. The lowest BCUT2D eigenvalue weighted by molar-refractivity contribution is 0.339. The fraction of sp³-hybridized carbons (Fsp3) is 1.00. The van der Waals surface area contributed by atoms with Crippen LogP contribution in [0.5, 0.6) is 0 Å². The van der Waals surface area contributed by atoms with Crippen molar-refractivity contribution >= 4 is 16.9 Å². The molecular formula is C11H19Si2. The lowest BCUT2D eigenvalue weighted by atomic mass is 9.88. The van der Waals surface area contributed by atoms with Crippen molar-refractivity contribution in [3.8, 4) is 0 Å². The Morgan fingerprint density at radius 3 is 2.23 bits per heavy atom. The van der Waals surface area contributed by atoms with Crippen LogP contribution in [0.2, 0.25) is 35.4 Å². The Bertz CT molecular complexity index is 295. The molecule has 0 aromatic rings. The topological polar surface area (TPSA) is 0 Å². The minimum absolute atomic E-state index is 0.103. The Morgan fingerprint density at radius 2 is 1.85 bits per heavy atom. The molecule has 1 spiro atoms. The SMILES string of the molecule is C[Si]1C[Si](C)(C)C23C4CCCC2C413. The Morgan fingerprint density at radius 1 is 1.23 bits per heavy atom. The van der Waals surface area contributed by atoms with Crippen LogP contribution < -0.4 is 0 Å². The summed E-state index contributed by atoms with van der Waals surface area (Å²) in [6, 6.07) is 0. The molecule has 0 N–H and O–H groups in total. The van der Waals surface area contributed by atoms with E-state index >= 15 is 0 Å². The minimum atomic E-state index is -0.743. The van der Waals surface area contributed by atoms with Gasteiger partial charge in [0, 0.05) is 8.80 Å². The van der Waals surface area contributed by atoms with Crippen molar-refractivity contribution in [1.29, 1.82) is 0 Å². The van der Waals surface area contributed by atoms with Gasteiger partial charge >= 0.3 is 0 Å². The van der Waals surface area contributed by atoms with Crippen molar-refractivity contribution in [2.24, 2.45) is 11.8 Å². The first-order valence-corrected chi connectivity index (χ1v) is 11.3. The molecule has 71 valence electrons. The van der Waals surface area contributed by atoms with Gasteiger partial charge in [0.05, 0.1) is 8.07 Å². The standard InChI is InChI=1S/C11H19Si2/c1-12-7-13(2,3)11-8-5-4-6-9(11)10(8,11)12/h8-9H,4-7H2,1-3H3. The maximum atomic E-state index is 2.72. The zero-order chi connectivity index (χ0) is 9.06. The summed E-state index contributed by atoms with van der Waals surface area (Å²) in [7, 11) is -0.639. The van der Waals surface area contributed by atoms with Crippen molar-refractivity contribution in [2.75, 3.05) is 0 Å². The van der Waals surface area contributed by atoms with E-state index in [1.165, 1.54) is 11.8 Å². The maximum absolute atomic E-state index is 2.72. The predicted octanol–water partition coefficient (Wildman–Crippen LogP) is 3.30. The monoisotopic (exact) mass is 207 g/mol. The zero-order valence-corrected chi connectivity index (χ0v) is 11.0. The number of hydrogen-bond donors (Lipinski definition) is 0. The van der Waals surface area contributed by atoms with Gasteiger partial charge < -0.3 is 0 Å². The van der Waals surface area contributed by atoms with Gasteiger partial charge in [-0.2, -0.15) is 0 Å². The summed E-state index contributed by atoms with van der Waals surface area (Å²) in [5.74, 6) is 2.57. The van der Waals surface area contributed by atoms with Crippen LogP contribution in [-0.4, -0.2) is 16.9 Å². The van der Waals surface area contributed by atoms with Crippen LogP contribution in [0.3, 0.4) is 0 Å². The van der Waals surface area contributed by atoms with Crippen LogP contribution in [0, 0.1) is 11.8 Å². The summed E-state index contributed by atoms with van der Waals surface area (Å²) in [5.41, 5.74) is 1.75. The first-order chi connectivity index (χ1) is 6.10. The lowest BCUT2D eigenvalue weighted by Gasteiger charge is -2.41. The van der Waals surface area contributed by atoms with Gasteiger partial charge in [-0.1, -0.05) is 31.7 Å². The molecule has 0 bridgehead atoms. The second-order valence-corrected chi connectivity index (χ2v) is 15.0. The first-order valence-electron chi connectivity index (χ1n) is 5.93. The molecule has 0 aromatic heterocycles. The largest absolute Gasteiger partial charge is 0.0708 e. The first kappa shape index (κ1) is 7.69. The Kier molecular flexibility index (Phi) is 0.973. The summed E-state index contributed by atoms with van der Waals surface area (Å²) in [6.45, 7) is 8.11. The molecule has 0 amide bonds. The van der Waals surface area contributed by atoms with Crippen LogP contribution in [0.25, 0.3) is 0 Å². The highest BCUT2D eigenvalue weighted by Crippen LogP contribution is 3.14. The molecule has 2 unspecified atom stereocenters. The van der Waals surface area contributed by atoms with E-state index in [2.05, 4.69) is 19.6 Å². The van der Waals surface area contributed by atoms with E-state index in [4.69, 9.17) is 0 Å². The smallest absolute Gasteiger partial charge is 0.0519 e. The van der Waals surface area contributed by atoms with E-state index in [-0.39, 0.29) is 8.80 Å². The number of rotatable bonds is 0. The van der Waals surface area contributed by atoms with Crippen LogP contribution in [-0.2, 0) is 0 Å². The Hall–Kier alpha value is 0.434. The van der Waals surface area contributed by atoms with Gasteiger partial charge in [-0.15, -0.1) is 0 Å². The molecule has 3 saturated carbocycles. The highest BCUT2D eigenvalue weighted by Gasteiger charge is 3.03. The van der Waals surface area contributed by atoms with Crippen molar-refractivity contribution in [2.45, 2.75) is 54.6 Å². The number of hydrogen-bond acceptors (Lipinski definition) is 0. The van der Waals surface area contributed by atoms with E-state index in [0.29, 0.717) is 0 Å². The van der Waals surface area contributed by atoms with Gasteiger partial charge in [0.1, 0.15) is 0 Å². The lowest BCUT2D eigenvalue weighted by Crippen LogP contribution is -2.42. The van der Waals surface area contributed by atoms with Gasteiger partial charge in [-0.05, 0) is 34.8 Å². The molecule has 4 fully saturated rings.